The van der Waals surface area contributed by atoms with Crippen LogP contribution < -0.4 is 11.5 Å². The maximum Gasteiger partial charge on any atom is 0.417 e. The predicted octanol–water partition coefficient (Wildman–Crippen LogP) is 1.03. The highest BCUT2D eigenvalue weighted by atomic mass is 16.4. The van der Waals surface area contributed by atoms with E-state index in [1.54, 1.807) is 48.3 Å². The van der Waals surface area contributed by atoms with Crippen molar-refractivity contribution in [3.8, 4) is 0 Å². The van der Waals surface area contributed by atoms with Crippen molar-refractivity contribution in [1.29, 1.82) is 0 Å². The Balaban J connectivity index is 1.58. The number of aliphatic hydroxyl groups excluding tert-OH is 1. The SMILES string of the molecule is CN(C(=O)Cc1ccc2oc(=O)[nH]c2c1)C(CN1CC[C@@H](O)C1)c1cccc(C(N)=O)c1. The molecular formula is C23H26N4O5. The number of carbonyl (C=O) groups excluding carboxylic acids is 2. The van der Waals surface area contributed by atoms with Crippen molar-refractivity contribution in [3.05, 3.63) is 69.7 Å². The van der Waals surface area contributed by atoms with Gasteiger partial charge in [-0.2, -0.15) is 0 Å². The lowest BCUT2D eigenvalue weighted by Crippen LogP contribution is -2.39. The average molecular weight is 438 g/mol. The lowest BCUT2D eigenvalue weighted by molar-refractivity contribution is -0.131. The molecule has 1 unspecified atom stereocenters. The molecule has 1 aliphatic rings. The molecule has 168 valence electrons. The average Bonchev–Trinajstić information content (AvgIpc) is 3.35. The third kappa shape index (κ3) is 4.74. The van der Waals surface area contributed by atoms with Crippen LogP contribution in [0, 0.1) is 0 Å². The molecule has 4 N–H and O–H groups in total. The Kier molecular flexibility index (Phi) is 6.11. The number of hydrogen-bond donors (Lipinski definition) is 3. The number of likely N-dealkylation sites (tertiary alicyclic amines) is 1. The zero-order chi connectivity index (χ0) is 22.8. The minimum Gasteiger partial charge on any atom is -0.408 e. The van der Waals surface area contributed by atoms with Gasteiger partial charge in [0.2, 0.25) is 11.8 Å². The van der Waals surface area contributed by atoms with Gasteiger partial charge in [-0.3, -0.25) is 19.5 Å². The number of benzene rings is 2. The molecule has 2 aromatic carbocycles. The van der Waals surface area contributed by atoms with Gasteiger partial charge in [-0.05, 0) is 41.8 Å². The molecule has 9 heteroatoms. The van der Waals surface area contributed by atoms with E-state index < -0.39 is 11.7 Å². The maximum atomic E-state index is 13.2. The first-order chi connectivity index (χ1) is 15.3. The summed E-state index contributed by atoms with van der Waals surface area (Å²) in [6.45, 7) is 1.80. The second-order valence-electron chi connectivity index (χ2n) is 8.23. The lowest BCUT2D eigenvalue weighted by atomic mass is 10.0. The number of H-pyrrole nitrogens is 1. The minimum absolute atomic E-state index is 0.121. The number of nitrogens with zero attached hydrogens (tertiary/aromatic N) is 2. The van der Waals surface area contributed by atoms with E-state index in [0.29, 0.717) is 36.2 Å². The molecule has 2 heterocycles. The van der Waals surface area contributed by atoms with E-state index >= 15 is 0 Å². The van der Waals surface area contributed by atoms with Crippen LogP contribution in [0.2, 0.25) is 0 Å². The number of rotatable bonds is 7. The molecule has 0 spiro atoms. The smallest absolute Gasteiger partial charge is 0.408 e. The van der Waals surface area contributed by atoms with Gasteiger partial charge in [-0.25, -0.2) is 4.79 Å². The van der Waals surface area contributed by atoms with Crippen molar-refractivity contribution in [1.82, 2.24) is 14.8 Å². The number of β-amino-alcohol motifs (C(OH)–C–C–N with tert-alkyl or cyclic N) is 1. The number of carbonyl (C=O) groups is 2. The van der Waals surface area contributed by atoms with Crippen LogP contribution in [0.25, 0.3) is 11.1 Å². The van der Waals surface area contributed by atoms with Crippen molar-refractivity contribution >= 4 is 22.9 Å². The summed E-state index contributed by atoms with van der Waals surface area (Å²) in [5.74, 6) is -1.19. The third-order valence-electron chi connectivity index (χ3n) is 5.93. The first kappa shape index (κ1) is 21.8. The normalized spacial score (nSPS) is 17.5. The number of aromatic nitrogens is 1. The highest BCUT2D eigenvalue weighted by molar-refractivity contribution is 5.93. The first-order valence-electron chi connectivity index (χ1n) is 10.5. The van der Waals surface area contributed by atoms with E-state index in [1.807, 2.05) is 6.07 Å². The third-order valence-corrected chi connectivity index (χ3v) is 5.93. The van der Waals surface area contributed by atoms with Gasteiger partial charge in [0.05, 0.1) is 24.1 Å². The molecule has 2 atom stereocenters. The quantitative estimate of drug-likeness (QED) is 0.505. The first-order valence-corrected chi connectivity index (χ1v) is 10.5. The molecule has 0 bridgehead atoms. The number of primary amides is 1. The van der Waals surface area contributed by atoms with E-state index in [9.17, 15) is 19.5 Å². The summed E-state index contributed by atoms with van der Waals surface area (Å²) < 4.78 is 5.01. The Morgan fingerprint density at radius 2 is 2.12 bits per heavy atom. The van der Waals surface area contributed by atoms with Crippen molar-refractivity contribution in [2.45, 2.75) is 25.0 Å². The predicted molar refractivity (Wildman–Crippen MR) is 118 cm³/mol. The fraction of sp³-hybridized carbons (Fsp3) is 0.348. The Hall–Kier alpha value is -3.43. The summed E-state index contributed by atoms with van der Waals surface area (Å²) in [6, 6.07) is 11.8. The van der Waals surface area contributed by atoms with Crippen LogP contribution >= 0.6 is 0 Å². The van der Waals surface area contributed by atoms with Crippen LogP contribution in [0.3, 0.4) is 0 Å². The van der Waals surface area contributed by atoms with E-state index in [0.717, 1.165) is 17.7 Å². The van der Waals surface area contributed by atoms with Crippen LogP contribution in [0.15, 0.2) is 51.7 Å². The standard InChI is InChI=1S/C23H26N4O5/c1-26(21(29)10-14-5-6-20-18(9-14)25-23(31)32-20)19(13-27-8-7-17(28)12-27)15-3-2-4-16(11-15)22(24)30/h2-6,9,11,17,19,28H,7-8,10,12-13H2,1H3,(H2,24,30)(H,25,31)/t17-,19?/m1/s1. The summed E-state index contributed by atoms with van der Waals surface area (Å²) in [7, 11) is 1.73. The molecular weight excluding hydrogens is 412 g/mol. The van der Waals surface area contributed by atoms with Gasteiger partial charge in [0.1, 0.15) is 0 Å². The molecule has 9 nitrogen and oxygen atoms in total. The van der Waals surface area contributed by atoms with E-state index in [2.05, 4.69) is 9.88 Å². The summed E-state index contributed by atoms with van der Waals surface area (Å²) in [6.07, 6.45) is 0.445. The Labute approximate surface area is 184 Å². The summed E-state index contributed by atoms with van der Waals surface area (Å²) in [4.78, 5) is 42.6. The second-order valence-corrected chi connectivity index (χ2v) is 8.23. The zero-order valence-electron chi connectivity index (χ0n) is 17.8. The summed E-state index contributed by atoms with van der Waals surface area (Å²) in [5, 5.41) is 9.91. The van der Waals surface area contributed by atoms with Crippen LogP contribution in [0.1, 0.15) is 33.9 Å². The topological polar surface area (TPSA) is 133 Å². The number of fused-ring (bicyclic) bond motifs is 1. The molecule has 2 amide bonds. The van der Waals surface area contributed by atoms with Gasteiger partial charge in [-0.1, -0.05) is 18.2 Å². The molecule has 32 heavy (non-hydrogen) atoms. The number of hydrogen-bond acceptors (Lipinski definition) is 6. The van der Waals surface area contributed by atoms with Crippen LogP contribution in [-0.2, 0) is 11.2 Å². The molecule has 0 aliphatic carbocycles. The number of nitrogens with one attached hydrogen (secondary N) is 1. The van der Waals surface area contributed by atoms with Crippen molar-refractivity contribution in [2.24, 2.45) is 5.73 Å². The number of amides is 2. The molecule has 1 aliphatic heterocycles. The molecule has 1 aromatic heterocycles. The number of oxazole rings is 1. The fourth-order valence-electron chi connectivity index (χ4n) is 4.16. The lowest BCUT2D eigenvalue weighted by Gasteiger charge is -2.32. The molecule has 3 aromatic rings. The van der Waals surface area contributed by atoms with E-state index in [-0.39, 0.29) is 24.5 Å². The summed E-state index contributed by atoms with van der Waals surface area (Å²) in [5.41, 5.74) is 8.35. The Morgan fingerprint density at radius 3 is 2.84 bits per heavy atom. The molecule has 0 radical (unpaired) electrons. The zero-order valence-corrected chi connectivity index (χ0v) is 17.8. The molecule has 1 fully saturated rings. The number of aliphatic hydroxyl groups is 1. The molecule has 1 saturated heterocycles. The van der Waals surface area contributed by atoms with E-state index in [4.69, 9.17) is 10.2 Å². The highest BCUT2D eigenvalue weighted by Gasteiger charge is 2.28. The van der Waals surface area contributed by atoms with Crippen molar-refractivity contribution in [3.63, 3.8) is 0 Å². The van der Waals surface area contributed by atoms with Gasteiger partial charge in [0.15, 0.2) is 5.58 Å². The maximum absolute atomic E-state index is 13.2. The molecule has 0 saturated carbocycles. The van der Waals surface area contributed by atoms with Gasteiger partial charge < -0.3 is 20.2 Å². The monoisotopic (exact) mass is 438 g/mol. The number of aromatic amines is 1. The van der Waals surface area contributed by atoms with Gasteiger partial charge in [-0.15, -0.1) is 0 Å². The number of likely N-dealkylation sites (N-methyl/N-ethyl adjacent to an activating group) is 1. The Morgan fingerprint density at radius 1 is 1.31 bits per heavy atom. The number of nitrogens with two attached hydrogens (primary N) is 1. The van der Waals surface area contributed by atoms with Crippen LogP contribution in [0.4, 0.5) is 0 Å². The second kappa shape index (κ2) is 8.97. The largest absolute Gasteiger partial charge is 0.417 e. The van der Waals surface area contributed by atoms with E-state index in [1.165, 1.54) is 0 Å². The van der Waals surface area contributed by atoms with Crippen LogP contribution in [0.5, 0.6) is 0 Å². The highest BCUT2D eigenvalue weighted by Crippen LogP contribution is 2.25. The Bertz CT molecular complexity index is 1200. The minimum atomic E-state index is -0.539. The van der Waals surface area contributed by atoms with Crippen LogP contribution in [-0.4, -0.2) is 64.5 Å². The van der Waals surface area contributed by atoms with Crippen molar-refractivity contribution < 1.29 is 19.1 Å². The van der Waals surface area contributed by atoms with Gasteiger partial charge >= 0.3 is 5.76 Å². The molecule has 4 rings (SSSR count). The summed E-state index contributed by atoms with van der Waals surface area (Å²) >= 11 is 0. The van der Waals surface area contributed by atoms with Gasteiger partial charge in [0.25, 0.3) is 0 Å². The fourth-order valence-corrected chi connectivity index (χ4v) is 4.16. The van der Waals surface area contributed by atoms with Crippen molar-refractivity contribution in [2.75, 3.05) is 26.7 Å². The van der Waals surface area contributed by atoms with Gasteiger partial charge in [0, 0.05) is 32.2 Å².